The molecule has 26 heavy (non-hydrogen) atoms. The minimum Gasteiger partial charge on any atom is -0.372 e. The maximum Gasteiger partial charge on any atom is 0.298 e. The highest BCUT2D eigenvalue weighted by Crippen LogP contribution is 2.36. The number of hydrogen-bond donors (Lipinski definition) is 0. The summed E-state index contributed by atoms with van der Waals surface area (Å²) in [6.07, 6.45) is 1.78. The molecule has 1 saturated heterocycles. The van der Waals surface area contributed by atoms with Gasteiger partial charge in [0, 0.05) is 18.8 Å². The van der Waals surface area contributed by atoms with E-state index in [1.165, 1.54) is 4.90 Å². The molecule has 2 aromatic carbocycles. The van der Waals surface area contributed by atoms with E-state index in [9.17, 15) is 9.59 Å². The molecule has 1 aliphatic heterocycles. The van der Waals surface area contributed by atoms with Crippen LogP contribution in [-0.4, -0.2) is 24.2 Å². The molecule has 0 unspecified atom stereocenters. The molecular formula is C21H22N2O2S. The molecule has 3 rings (SSSR count). The maximum absolute atomic E-state index is 12.7. The smallest absolute Gasteiger partial charge is 0.298 e. The zero-order valence-electron chi connectivity index (χ0n) is 15.2. The molecule has 1 fully saturated rings. The Morgan fingerprint density at radius 1 is 1.04 bits per heavy atom. The first-order valence-corrected chi connectivity index (χ1v) is 9.54. The van der Waals surface area contributed by atoms with Gasteiger partial charge in [-0.2, -0.15) is 0 Å². The number of thioether (sulfide) groups is 1. The fraction of sp³-hybridized carbons (Fsp3) is 0.238. The van der Waals surface area contributed by atoms with Crippen LogP contribution < -0.4 is 9.80 Å². The Morgan fingerprint density at radius 3 is 2.35 bits per heavy atom. The van der Waals surface area contributed by atoms with Crippen LogP contribution in [0, 0.1) is 6.92 Å². The summed E-state index contributed by atoms with van der Waals surface area (Å²) in [5.41, 5.74) is 3.70. The first-order valence-electron chi connectivity index (χ1n) is 8.73. The fourth-order valence-electron chi connectivity index (χ4n) is 2.98. The third-order valence-corrected chi connectivity index (χ3v) is 5.24. The lowest BCUT2D eigenvalue weighted by Crippen LogP contribution is -2.27. The standard InChI is InChI=1S/C21H22N2O2S/c1-4-22(5-2)17-11-9-16(10-12-17)14-19-20(24)23(21(25)26-19)18-8-6-7-15(3)13-18/h6-14H,4-5H2,1-3H3/b19-14-. The van der Waals surface area contributed by atoms with Crippen LogP contribution >= 0.6 is 11.8 Å². The number of carbonyl (C=O) groups excluding carboxylic acids is 2. The number of aryl methyl sites for hydroxylation is 1. The Balaban J connectivity index is 1.84. The number of nitrogens with zero attached hydrogens (tertiary/aromatic N) is 2. The minimum absolute atomic E-state index is 0.258. The fourth-order valence-corrected chi connectivity index (χ4v) is 3.82. The number of amides is 2. The van der Waals surface area contributed by atoms with Gasteiger partial charge in [-0.3, -0.25) is 9.59 Å². The second-order valence-corrected chi connectivity index (χ2v) is 7.11. The highest BCUT2D eigenvalue weighted by Gasteiger charge is 2.36. The summed E-state index contributed by atoms with van der Waals surface area (Å²) in [6.45, 7) is 8.09. The van der Waals surface area contributed by atoms with Gasteiger partial charge in [-0.1, -0.05) is 24.3 Å². The molecule has 1 heterocycles. The Kier molecular flexibility index (Phi) is 5.47. The van der Waals surface area contributed by atoms with Gasteiger partial charge in [0.25, 0.3) is 11.1 Å². The first-order chi connectivity index (χ1) is 12.5. The molecule has 5 heteroatoms. The SMILES string of the molecule is CCN(CC)c1ccc(/C=C2\SC(=O)N(c3cccc(C)c3)C2=O)cc1. The summed E-state index contributed by atoms with van der Waals surface area (Å²) in [7, 11) is 0. The van der Waals surface area contributed by atoms with Gasteiger partial charge in [0.15, 0.2) is 0 Å². The zero-order chi connectivity index (χ0) is 18.7. The van der Waals surface area contributed by atoms with Crippen molar-refractivity contribution in [1.29, 1.82) is 0 Å². The van der Waals surface area contributed by atoms with Crippen molar-refractivity contribution in [2.24, 2.45) is 0 Å². The van der Waals surface area contributed by atoms with E-state index in [0.717, 1.165) is 41.7 Å². The molecule has 1 aliphatic rings. The number of anilines is 2. The van der Waals surface area contributed by atoms with Crippen molar-refractivity contribution >= 4 is 40.4 Å². The highest BCUT2D eigenvalue weighted by molar-refractivity contribution is 8.19. The lowest BCUT2D eigenvalue weighted by Gasteiger charge is -2.20. The van der Waals surface area contributed by atoms with E-state index in [-0.39, 0.29) is 11.1 Å². The molecule has 0 radical (unpaired) electrons. The molecule has 0 spiro atoms. The van der Waals surface area contributed by atoms with Crippen molar-refractivity contribution in [3.05, 3.63) is 64.6 Å². The summed E-state index contributed by atoms with van der Waals surface area (Å²) in [4.78, 5) is 29.0. The van der Waals surface area contributed by atoms with Gasteiger partial charge in [-0.05, 0) is 74.0 Å². The lowest BCUT2D eigenvalue weighted by atomic mass is 10.1. The first kappa shape index (κ1) is 18.3. The van der Waals surface area contributed by atoms with Crippen LogP contribution in [-0.2, 0) is 4.79 Å². The number of imide groups is 1. The van der Waals surface area contributed by atoms with Crippen molar-refractivity contribution in [3.63, 3.8) is 0 Å². The molecule has 0 atom stereocenters. The van der Waals surface area contributed by atoms with Crippen LogP contribution in [0.1, 0.15) is 25.0 Å². The number of carbonyl (C=O) groups is 2. The van der Waals surface area contributed by atoms with E-state index in [0.29, 0.717) is 10.6 Å². The predicted molar refractivity (Wildman–Crippen MR) is 110 cm³/mol. The number of hydrogen-bond acceptors (Lipinski definition) is 4. The van der Waals surface area contributed by atoms with E-state index >= 15 is 0 Å². The summed E-state index contributed by atoms with van der Waals surface area (Å²) >= 11 is 0.985. The second kappa shape index (κ2) is 7.79. The molecule has 2 amide bonds. The molecule has 4 nitrogen and oxygen atoms in total. The largest absolute Gasteiger partial charge is 0.372 e. The van der Waals surface area contributed by atoms with Crippen molar-refractivity contribution in [2.75, 3.05) is 22.9 Å². The third kappa shape index (κ3) is 3.68. The Bertz CT molecular complexity index is 855. The van der Waals surface area contributed by atoms with E-state index in [2.05, 4.69) is 18.7 Å². The van der Waals surface area contributed by atoms with Crippen molar-refractivity contribution < 1.29 is 9.59 Å². The zero-order valence-corrected chi connectivity index (χ0v) is 16.0. The van der Waals surface area contributed by atoms with Gasteiger partial charge in [0.05, 0.1) is 10.6 Å². The van der Waals surface area contributed by atoms with Gasteiger partial charge in [0.2, 0.25) is 0 Å². The molecule has 134 valence electrons. The van der Waals surface area contributed by atoms with Crippen molar-refractivity contribution in [3.8, 4) is 0 Å². The molecule has 0 aromatic heterocycles. The van der Waals surface area contributed by atoms with Crippen LogP contribution in [0.5, 0.6) is 0 Å². The summed E-state index contributed by atoms with van der Waals surface area (Å²) < 4.78 is 0. The van der Waals surface area contributed by atoms with Crippen LogP contribution in [0.3, 0.4) is 0 Å². The quantitative estimate of drug-likeness (QED) is 0.692. The predicted octanol–water partition coefficient (Wildman–Crippen LogP) is 5.08. The lowest BCUT2D eigenvalue weighted by molar-refractivity contribution is -0.113. The molecule has 0 N–H and O–H groups in total. The average Bonchev–Trinajstić information content (AvgIpc) is 2.91. The maximum atomic E-state index is 12.7. The van der Waals surface area contributed by atoms with Crippen LogP contribution in [0.2, 0.25) is 0 Å². The molecule has 2 aromatic rings. The van der Waals surface area contributed by atoms with E-state index < -0.39 is 0 Å². The van der Waals surface area contributed by atoms with E-state index in [1.54, 1.807) is 12.1 Å². The monoisotopic (exact) mass is 366 g/mol. The second-order valence-electron chi connectivity index (χ2n) is 6.12. The van der Waals surface area contributed by atoms with Gasteiger partial charge in [-0.15, -0.1) is 0 Å². The third-order valence-electron chi connectivity index (χ3n) is 4.37. The van der Waals surface area contributed by atoms with Gasteiger partial charge in [0.1, 0.15) is 0 Å². The summed E-state index contributed by atoms with van der Waals surface area (Å²) in [6, 6.07) is 15.5. The van der Waals surface area contributed by atoms with Gasteiger partial charge in [-0.25, -0.2) is 4.90 Å². The normalized spacial score (nSPS) is 15.8. The van der Waals surface area contributed by atoms with Gasteiger partial charge >= 0.3 is 0 Å². The van der Waals surface area contributed by atoms with Crippen LogP contribution in [0.15, 0.2) is 53.4 Å². The topological polar surface area (TPSA) is 40.6 Å². The Morgan fingerprint density at radius 2 is 1.73 bits per heavy atom. The molecule has 0 aliphatic carbocycles. The van der Waals surface area contributed by atoms with Crippen molar-refractivity contribution in [1.82, 2.24) is 0 Å². The average molecular weight is 366 g/mol. The Hall–Kier alpha value is -2.53. The Labute approximate surface area is 158 Å². The van der Waals surface area contributed by atoms with Crippen LogP contribution in [0.4, 0.5) is 16.2 Å². The number of rotatable bonds is 5. The minimum atomic E-state index is -0.265. The van der Waals surface area contributed by atoms with E-state index in [4.69, 9.17) is 0 Å². The van der Waals surface area contributed by atoms with E-state index in [1.807, 2.05) is 49.4 Å². The van der Waals surface area contributed by atoms with Crippen LogP contribution in [0.25, 0.3) is 6.08 Å². The van der Waals surface area contributed by atoms with Gasteiger partial charge < -0.3 is 4.90 Å². The highest BCUT2D eigenvalue weighted by atomic mass is 32.2. The molecule has 0 bridgehead atoms. The molecular weight excluding hydrogens is 344 g/mol. The summed E-state index contributed by atoms with van der Waals surface area (Å²) in [5, 5.41) is -0.258. The summed E-state index contributed by atoms with van der Waals surface area (Å²) in [5.74, 6) is -0.265. The molecule has 0 saturated carbocycles. The number of benzene rings is 2. The van der Waals surface area contributed by atoms with Crippen molar-refractivity contribution in [2.45, 2.75) is 20.8 Å².